The minimum atomic E-state index is -3.74. The van der Waals surface area contributed by atoms with Gasteiger partial charge >= 0.3 is 6.09 Å². The number of hydrogen-bond donors (Lipinski definition) is 1. The van der Waals surface area contributed by atoms with E-state index in [0.717, 1.165) is 10.7 Å². The van der Waals surface area contributed by atoms with E-state index >= 15 is 0 Å². The molecule has 0 spiro atoms. The van der Waals surface area contributed by atoms with Crippen molar-refractivity contribution in [2.24, 2.45) is 5.92 Å². The van der Waals surface area contributed by atoms with E-state index in [1.54, 1.807) is 11.0 Å². The van der Waals surface area contributed by atoms with Gasteiger partial charge in [-0.2, -0.15) is 0 Å². The van der Waals surface area contributed by atoms with Crippen molar-refractivity contribution in [3.63, 3.8) is 0 Å². The number of carbonyl (C=O) groups excluding carboxylic acids is 2. The number of methoxy groups -OCH3 is 1. The van der Waals surface area contributed by atoms with Gasteiger partial charge in [-0.05, 0) is 30.5 Å². The molecule has 0 bridgehead atoms. The van der Waals surface area contributed by atoms with Gasteiger partial charge in [0.1, 0.15) is 10.6 Å². The average molecular weight is 471 g/mol. The molecule has 1 fully saturated rings. The quantitative estimate of drug-likeness (QED) is 0.616. The SMILES string of the molecule is COc1ccc(NC(=O)CN2CCCN(C(=O)OCC(C)C)CC2)cc1S(=O)(=O)N(C)C. The van der Waals surface area contributed by atoms with Gasteiger partial charge in [0.15, 0.2) is 0 Å². The van der Waals surface area contributed by atoms with Gasteiger partial charge < -0.3 is 19.7 Å². The Morgan fingerprint density at radius 2 is 1.88 bits per heavy atom. The van der Waals surface area contributed by atoms with E-state index in [-0.39, 0.29) is 35.1 Å². The van der Waals surface area contributed by atoms with E-state index in [4.69, 9.17) is 9.47 Å². The molecule has 0 atom stereocenters. The second-order valence-corrected chi connectivity index (χ2v) is 10.4. The molecule has 1 aromatic carbocycles. The van der Waals surface area contributed by atoms with E-state index < -0.39 is 10.0 Å². The monoisotopic (exact) mass is 470 g/mol. The molecular formula is C21H34N4O6S. The summed E-state index contributed by atoms with van der Waals surface area (Å²) in [5.74, 6) is 0.213. The Morgan fingerprint density at radius 3 is 2.50 bits per heavy atom. The van der Waals surface area contributed by atoms with Gasteiger partial charge in [-0.3, -0.25) is 9.69 Å². The lowest BCUT2D eigenvalue weighted by atomic mass is 10.2. The van der Waals surface area contributed by atoms with Crippen molar-refractivity contribution in [2.45, 2.75) is 25.2 Å². The summed E-state index contributed by atoms with van der Waals surface area (Å²) in [6, 6.07) is 4.50. The molecule has 11 heteroatoms. The lowest BCUT2D eigenvalue weighted by Crippen LogP contribution is -2.38. The van der Waals surface area contributed by atoms with Crippen molar-refractivity contribution in [3.05, 3.63) is 18.2 Å². The highest BCUT2D eigenvalue weighted by Crippen LogP contribution is 2.28. The molecule has 0 unspecified atom stereocenters. The Kier molecular flexibility index (Phi) is 9.29. The van der Waals surface area contributed by atoms with Crippen LogP contribution in [0.3, 0.4) is 0 Å². The summed E-state index contributed by atoms with van der Waals surface area (Å²) < 4.78 is 36.7. The van der Waals surface area contributed by atoms with Gasteiger partial charge in [0.05, 0.1) is 20.3 Å². The number of anilines is 1. The van der Waals surface area contributed by atoms with Gasteiger partial charge in [-0.25, -0.2) is 17.5 Å². The molecule has 32 heavy (non-hydrogen) atoms. The zero-order chi connectivity index (χ0) is 23.9. The number of nitrogens with zero attached hydrogens (tertiary/aromatic N) is 3. The fraction of sp³-hybridized carbons (Fsp3) is 0.619. The number of rotatable bonds is 8. The van der Waals surface area contributed by atoms with E-state index in [0.29, 0.717) is 38.5 Å². The maximum Gasteiger partial charge on any atom is 0.409 e. The fourth-order valence-corrected chi connectivity index (χ4v) is 4.27. The summed E-state index contributed by atoms with van der Waals surface area (Å²) in [7, 11) is 0.519. The molecule has 10 nitrogen and oxygen atoms in total. The lowest BCUT2D eigenvalue weighted by molar-refractivity contribution is -0.117. The summed E-state index contributed by atoms with van der Waals surface area (Å²) in [6.45, 7) is 6.77. The minimum Gasteiger partial charge on any atom is -0.495 e. The molecule has 2 amide bonds. The second kappa shape index (κ2) is 11.5. The summed E-state index contributed by atoms with van der Waals surface area (Å²) in [5, 5.41) is 2.75. The Balaban J connectivity index is 1.97. The largest absolute Gasteiger partial charge is 0.495 e. The number of amides is 2. The Morgan fingerprint density at radius 1 is 1.16 bits per heavy atom. The van der Waals surface area contributed by atoms with Crippen LogP contribution in [0.4, 0.5) is 10.5 Å². The summed E-state index contributed by atoms with van der Waals surface area (Å²) in [5.41, 5.74) is 0.366. The first-order chi connectivity index (χ1) is 15.0. The molecule has 180 valence electrons. The van der Waals surface area contributed by atoms with Crippen molar-refractivity contribution >= 4 is 27.7 Å². The van der Waals surface area contributed by atoms with Crippen molar-refractivity contribution in [3.8, 4) is 5.75 Å². The van der Waals surface area contributed by atoms with E-state index in [2.05, 4.69) is 5.32 Å². The van der Waals surface area contributed by atoms with Crippen LogP contribution in [-0.4, -0.2) is 95.1 Å². The second-order valence-electron chi connectivity index (χ2n) is 8.29. The lowest BCUT2D eigenvalue weighted by Gasteiger charge is -2.22. The van der Waals surface area contributed by atoms with E-state index in [1.807, 2.05) is 18.7 Å². The van der Waals surface area contributed by atoms with Crippen LogP contribution in [0.2, 0.25) is 0 Å². The Labute approximate surface area is 190 Å². The standard InChI is InChI=1S/C21H34N4O6S/c1-16(2)15-31-21(27)25-10-6-9-24(11-12-25)14-20(26)22-17-7-8-18(30-5)19(13-17)32(28,29)23(3)4/h7-8,13,16H,6,9-12,14-15H2,1-5H3,(H,22,26). The molecule has 1 heterocycles. The predicted molar refractivity (Wildman–Crippen MR) is 121 cm³/mol. The highest BCUT2D eigenvalue weighted by molar-refractivity contribution is 7.89. The Bertz CT molecular complexity index is 904. The molecule has 0 aromatic heterocycles. The topological polar surface area (TPSA) is 108 Å². The third kappa shape index (κ3) is 7.07. The van der Waals surface area contributed by atoms with Gasteiger partial charge in [0.25, 0.3) is 0 Å². The molecule has 1 saturated heterocycles. The zero-order valence-electron chi connectivity index (χ0n) is 19.5. The Hall–Kier alpha value is -2.37. The molecular weight excluding hydrogens is 436 g/mol. The van der Waals surface area contributed by atoms with Crippen LogP contribution in [-0.2, 0) is 19.6 Å². The molecule has 0 saturated carbocycles. The molecule has 0 radical (unpaired) electrons. The highest BCUT2D eigenvalue weighted by atomic mass is 32.2. The normalized spacial score (nSPS) is 15.5. The third-order valence-electron chi connectivity index (χ3n) is 4.96. The van der Waals surface area contributed by atoms with Crippen LogP contribution in [0, 0.1) is 5.92 Å². The number of nitrogens with one attached hydrogen (secondary N) is 1. The third-order valence-corrected chi connectivity index (χ3v) is 6.80. The van der Waals surface area contributed by atoms with Gasteiger partial charge in [-0.15, -0.1) is 0 Å². The van der Waals surface area contributed by atoms with Crippen LogP contribution in [0.1, 0.15) is 20.3 Å². The average Bonchev–Trinajstić information content (AvgIpc) is 2.97. The van der Waals surface area contributed by atoms with Gasteiger partial charge in [0.2, 0.25) is 15.9 Å². The smallest absolute Gasteiger partial charge is 0.409 e. The van der Waals surface area contributed by atoms with Crippen molar-refractivity contribution in [1.29, 1.82) is 0 Å². The van der Waals surface area contributed by atoms with Crippen LogP contribution >= 0.6 is 0 Å². The molecule has 1 aliphatic heterocycles. The number of hydrogen-bond acceptors (Lipinski definition) is 7. The molecule has 1 aliphatic rings. The maximum absolute atomic E-state index is 12.6. The minimum absolute atomic E-state index is 0.0203. The first kappa shape index (κ1) is 25.9. The molecule has 1 N–H and O–H groups in total. The van der Waals surface area contributed by atoms with Gasteiger partial charge in [-0.1, -0.05) is 13.8 Å². The first-order valence-corrected chi connectivity index (χ1v) is 12.0. The number of sulfonamides is 1. The van der Waals surface area contributed by atoms with Crippen LogP contribution < -0.4 is 10.1 Å². The highest BCUT2D eigenvalue weighted by Gasteiger charge is 2.24. The molecule has 2 rings (SSSR count). The van der Waals surface area contributed by atoms with E-state index in [9.17, 15) is 18.0 Å². The first-order valence-electron chi connectivity index (χ1n) is 10.6. The van der Waals surface area contributed by atoms with Crippen molar-refractivity contribution in [1.82, 2.24) is 14.1 Å². The van der Waals surface area contributed by atoms with Crippen LogP contribution in [0.15, 0.2) is 23.1 Å². The zero-order valence-corrected chi connectivity index (χ0v) is 20.3. The van der Waals surface area contributed by atoms with Crippen LogP contribution in [0.5, 0.6) is 5.75 Å². The van der Waals surface area contributed by atoms with Crippen LogP contribution in [0.25, 0.3) is 0 Å². The van der Waals surface area contributed by atoms with Gasteiger partial charge in [0, 0.05) is 46.0 Å². The van der Waals surface area contributed by atoms with Crippen molar-refractivity contribution in [2.75, 3.05) is 65.9 Å². The van der Waals surface area contributed by atoms with Crippen molar-refractivity contribution < 1.29 is 27.5 Å². The fourth-order valence-electron chi connectivity index (χ4n) is 3.20. The summed E-state index contributed by atoms with van der Waals surface area (Å²) in [6.07, 6.45) is 0.413. The summed E-state index contributed by atoms with van der Waals surface area (Å²) in [4.78, 5) is 28.4. The molecule has 1 aromatic rings. The number of ether oxygens (including phenoxy) is 2. The maximum atomic E-state index is 12.6. The number of carbonyl (C=O) groups is 2. The predicted octanol–water partition coefficient (Wildman–Crippen LogP) is 1.68. The molecule has 0 aliphatic carbocycles. The summed E-state index contributed by atoms with van der Waals surface area (Å²) >= 11 is 0. The van der Waals surface area contributed by atoms with E-state index in [1.165, 1.54) is 33.3 Å². The number of benzene rings is 1.